The van der Waals surface area contributed by atoms with Crippen molar-refractivity contribution in [2.45, 2.75) is 32.4 Å². The van der Waals surface area contributed by atoms with Crippen LogP contribution in [0.15, 0.2) is 6.33 Å². The van der Waals surface area contributed by atoms with Crippen LogP contribution in [-0.4, -0.2) is 40.7 Å². The lowest BCUT2D eigenvalue weighted by atomic mass is 9.97. The minimum atomic E-state index is -2.88. The molecule has 0 aromatic carbocycles. The van der Waals surface area contributed by atoms with Crippen LogP contribution in [0.25, 0.3) is 0 Å². The molecule has 102 valence electrons. The van der Waals surface area contributed by atoms with E-state index < -0.39 is 9.84 Å². The summed E-state index contributed by atoms with van der Waals surface area (Å²) in [4.78, 5) is 4.19. The molecule has 0 aliphatic carbocycles. The summed E-state index contributed by atoms with van der Waals surface area (Å²) in [6.07, 6.45) is 2.78. The largest absolute Gasteiger partial charge is 0.271 e. The maximum atomic E-state index is 11.5. The predicted molar refractivity (Wildman–Crippen MR) is 67.3 cm³/mol. The molecule has 1 fully saturated rings. The zero-order chi connectivity index (χ0) is 13.2. The lowest BCUT2D eigenvalue weighted by Gasteiger charge is -2.21. The number of sulfone groups is 1. The average Bonchev–Trinajstić information content (AvgIpc) is 2.91. The Morgan fingerprint density at radius 1 is 1.67 bits per heavy atom. The van der Waals surface area contributed by atoms with Crippen LogP contribution in [0.5, 0.6) is 0 Å². The van der Waals surface area contributed by atoms with Crippen molar-refractivity contribution >= 4 is 9.84 Å². The van der Waals surface area contributed by atoms with E-state index >= 15 is 0 Å². The summed E-state index contributed by atoms with van der Waals surface area (Å²) in [5.74, 6) is 6.91. The van der Waals surface area contributed by atoms with Gasteiger partial charge in [0.2, 0.25) is 0 Å². The van der Waals surface area contributed by atoms with Crippen LogP contribution >= 0.6 is 0 Å². The molecule has 8 heteroatoms. The molecule has 1 saturated heterocycles. The number of nitrogens with one attached hydrogen (secondary N) is 1. The summed E-state index contributed by atoms with van der Waals surface area (Å²) >= 11 is 0. The van der Waals surface area contributed by atoms with Crippen molar-refractivity contribution < 1.29 is 8.42 Å². The van der Waals surface area contributed by atoms with E-state index in [2.05, 4.69) is 15.5 Å². The van der Waals surface area contributed by atoms with E-state index in [0.717, 1.165) is 12.4 Å². The van der Waals surface area contributed by atoms with Crippen LogP contribution in [0.2, 0.25) is 0 Å². The molecule has 0 saturated carbocycles. The summed E-state index contributed by atoms with van der Waals surface area (Å²) in [7, 11) is -2.88. The van der Waals surface area contributed by atoms with Gasteiger partial charge >= 0.3 is 0 Å². The molecule has 1 aromatic rings. The Balaban J connectivity index is 2.06. The third-order valence-corrected chi connectivity index (χ3v) is 5.24. The van der Waals surface area contributed by atoms with Crippen molar-refractivity contribution in [3.8, 4) is 0 Å². The first-order chi connectivity index (χ1) is 8.55. The first-order valence-electron chi connectivity index (χ1n) is 6.09. The maximum Gasteiger partial charge on any atom is 0.150 e. The topological polar surface area (TPSA) is 103 Å². The smallest absolute Gasteiger partial charge is 0.150 e. The standard InChI is InChI=1S/C10H19N5O2S/c1-2-15-10(12-7-13-15)5-9(14-11)8-3-4-18(16,17)6-8/h7-9,14H,2-6,11H2,1H3. The predicted octanol–water partition coefficient (Wildman–Crippen LogP) is -0.893. The lowest BCUT2D eigenvalue weighted by Crippen LogP contribution is -2.43. The molecule has 0 amide bonds. The van der Waals surface area contributed by atoms with Crippen LogP contribution < -0.4 is 11.3 Å². The summed E-state index contributed by atoms with van der Waals surface area (Å²) in [6, 6.07) is -0.0724. The molecule has 0 spiro atoms. The van der Waals surface area contributed by atoms with Gasteiger partial charge in [-0.15, -0.1) is 0 Å². The molecule has 1 aliphatic rings. The van der Waals surface area contributed by atoms with Gasteiger partial charge in [-0.05, 0) is 19.3 Å². The second kappa shape index (κ2) is 5.33. The van der Waals surface area contributed by atoms with Crippen molar-refractivity contribution in [1.82, 2.24) is 20.2 Å². The molecule has 2 rings (SSSR count). The minimum Gasteiger partial charge on any atom is -0.271 e. The van der Waals surface area contributed by atoms with Gasteiger partial charge in [0.1, 0.15) is 12.2 Å². The summed E-state index contributed by atoms with van der Waals surface area (Å²) < 4.78 is 24.8. The first-order valence-corrected chi connectivity index (χ1v) is 7.91. The second-order valence-electron chi connectivity index (χ2n) is 4.63. The summed E-state index contributed by atoms with van der Waals surface area (Å²) in [6.45, 7) is 2.73. The molecule has 2 heterocycles. The molecule has 1 aliphatic heterocycles. The van der Waals surface area contributed by atoms with E-state index in [9.17, 15) is 8.42 Å². The fourth-order valence-electron chi connectivity index (χ4n) is 2.41. The zero-order valence-corrected chi connectivity index (χ0v) is 11.2. The monoisotopic (exact) mass is 273 g/mol. The van der Waals surface area contributed by atoms with Gasteiger partial charge in [-0.3, -0.25) is 16.0 Å². The normalized spacial score (nSPS) is 24.2. The van der Waals surface area contributed by atoms with Gasteiger partial charge in [0.25, 0.3) is 0 Å². The number of hydrogen-bond donors (Lipinski definition) is 2. The van der Waals surface area contributed by atoms with Gasteiger partial charge in [0, 0.05) is 19.0 Å². The fraction of sp³-hybridized carbons (Fsp3) is 0.800. The third-order valence-electron chi connectivity index (χ3n) is 3.45. The number of hydrazine groups is 1. The van der Waals surface area contributed by atoms with Gasteiger partial charge in [0.15, 0.2) is 9.84 Å². The van der Waals surface area contributed by atoms with Crippen LogP contribution in [-0.2, 0) is 22.8 Å². The van der Waals surface area contributed by atoms with E-state index in [0.29, 0.717) is 12.8 Å². The number of nitrogens with two attached hydrogens (primary N) is 1. The van der Waals surface area contributed by atoms with Gasteiger partial charge < -0.3 is 0 Å². The van der Waals surface area contributed by atoms with E-state index in [4.69, 9.17) is 5.84 Å². The zero-order valence-electron chi connectivity index (χ0n) is 10.4. The molecule has 1 aromatic heterocycles. The molecule has 3 N–H and O–H groups in total. The van der Waals surface area contributed by atoms with Crippen LogP contribution in [0.3, 0.4) is 0 Å². The Morgan fingerprint density at radius 2 is 2.44 bits per heavy atom. The minimum absolute atomic E-state index is 0.0574. The second-order valence-corrected chi connectivity index (χ2v) is 6.86. The van der Waals surface area contributed by atoms with Crippen LogP contribution in [0, 0.1) is 5.92 Å². The fourth-order valence-corrected chi connectivity index (χ4v) is 4.29. The van der Waals surface area contributed by atoms with Crippen molar-refractivity contribution in [3.63, 3.8) is 0 Å². The van der Waals surface area contributed by atoms with E-state index in [1.165, 1.54) is 6.33 Å². The van der Waals surface area contributed by atoms with Crippen molar-refractivity contribution in [2.75, 3.05) is 11.5 Å². The van der Waals surface area contributed by atoms with Gasteiger partial charge in [-0.25, -0.2) is 13.4 Å². The number of aromatic nitrogens is 3. The van der Waals surface area contributed by atoms with Crippen molar-refractivity contribution in [2.24, 2.45) is 11.8 Å². The number of hydrogen-bond acceptors (Lipinski definition) is 6. The molecule has 0 radical (unpaired) electrons. The molecule has 7 nitrogen and oxygen atoms in total. The highest BCUT2D eigenvalue weighted by atomic mass is 32.2. The first kappa shape index (κ1) is 13.4. The Labute approximate surface area is 107 Å². The van der Waals surface area contributed by atoms with Crippen molar-refractivity contribution in [3.05, 3.63) is 12.2 Å². The molecular weight excluding hydrogens is 254 g/mol. The van der Waals surface area contributed by atoms with Gasteiger partial charge in [-0.1, -0.05) is 0 Å². The molecular formula is C10H19N5O2S. The summed E-state index contributed by atoms with van der Waals surface area (Å²) in [5.41, 5.74) is 2.73. The van der Waals surface area contributed by atoms with Gasteiger partial charge in [0.05, 0.1) is 11.5 Å². The number of nitrogens with zero attached hydrogens (tertiary/aromatic N) is 3. The molecule has 0 bridgehead atoms. The van der Waals surface area contributed by atoms with Gasteiger partial charge in [-0.2, -0.15) is 5.10 Å². The summed E-state index contributed by atoms with van der Waals surface area (Å²) in [5, 5.41) is 4.10. The van der Waals surface area contributed by atoms with E-state index in [-0.39, 0.29) is 23.5 Å². The highest BCUT2D eigenvalue weighted by Crippen LogP contribution is 2.23. The highest BCUT2D eigenvalue weighted by Gasteiger charge is 2.33. The molecule has 18 heavy (non-hydrogen) atoms. The number of rotatable bonds is 5. The highest BCUT2D eigenvalue weighted by molar-refractivity contribution is 7.91. The Hall–Kier alpha value is -0.990. The Bertz CT molecular complexity index is 498. The van der Waals surface area contributed by atoms with E-state index in [1.807, 2.05) is 6.92 Å². The van der Waals surface area contributed by atoms with Crippen LogP contribution in [0.1, 0.15) is 19.2 Å². The molecule has 2 atom stereocenters. The Morgan fingerprint density at radius 3 is 3.00 bits per heavy atom. The average molecular weight is 273 g/mol. The quantitative estimate of drug-likeness (QED) is 0.533. The lowest BCUT2D eigenvalue weighted by molar-refractivity contribution is 0.373. The SMILES string of the molecule is CCn1ncnc1CC(NN)C1CCS(=O)(=O)C1. The third kappa shape index (κ3) is 2.88. The number of aryl methyl sites for hydroxylation is 1. The van der Waals surface area contributed by atoms with Crippen molar-refractivity contribution in [1.29, 1.82) is 0 Å². The molecule has 2 unspecified atom stereocenters. The maximum absolute atomic E-state index is 11.5. The van der Waals surface area contributed by atoms with Crippen LogP contribution in [0.4, 0.5) is 0 Å². The van der Waals surface area contributed by atoms with E-state index in [1.54, 1.807) is 4.68 Å². The Kier molecular flexibility index (Phi) is 3.98.